The number of anilines is 1. The van der Waals surface area contributed by atoms with Gasteiger partial charge in [-0.05, 0) is 38.8 Å². The Morgan fingerprint density at radius 1 is 1.21 bits per heavy atom. The number of aromatic nitrogens is 4. The number of pyridine rings is 1. The third-order valence-electron chi connectivity index (χ3n) is 4.29. The van der Waals surface area contributed by atoms with Gasteiger partial charge in [-0.25, -0.2) is 4.98 Å². The normalized spacial score (nSPS) is 16.2. The second-order valence-electron chi connectivity index (χ2n) is 6.18. The summed E-state index contributed by atoms with van der Waals surface area (Å²) >= 11 is 0. The van der Waals surface area contributed by atoms with E-state index in [1.807, 2.05) is 0 Å². The zero-order valence-electron chi connectivity index (χ0n) is 13.8. The number of hydrogen-bond acceptors (Lipinski definition) is 5. The van der Waals surface area contributed by atoms with Gasteiger partial charge in [-0.2, -0.15) is 8.78 Å². The molecule has 2 aromatic heterocycles. The lowest BCUT2D eigenvalue weighted by molar-refractivity contribution is -0.0500. The first-order valence-electron chi connectivity index (χ1n) is 8.10. The van der Waals surface area contributed by atoms with Crippen LogP contribution in [0.3, 0.4) is 0 Å². The summed E-state index contributed by atoms with van der Waals surface area (Å²) in [5.41, 5.74) is 0. The summed E-state index contributed by atoms with van der Waals surface area (Å²) in [6, 6.07) is 3.59. The molecule has 8 heteroatoms. The quantitative estimate of drug-likeness (QED) is 0.838. The fourth-order valence-electron chi connectivity index (χ4n) is 3.04. The zero-order valence-corrected chi connectivity index (χ0v) is 13.8. The van der Waals surface area contributed by atoms with E-state index in [-0.39, 0.29) is 5.75 Å². The first-order chi connectivity index (χ1) is 11.5. The smallest absolute Gasteiger partial charge is 0.387 e. The van der Waals surface area contributed by atoms with E-state index in [0.717, 1.165) is 37.6 Å². The van der Waals surface area contributed by atoms with Crippen molar-refractivity contribution in [2.45, 2.75) is 45.3 Å². The van der Waals surface area contributed by atoms with Crippen molar-refractivity contribution >= 4 is 5.82 Å². The van der Waals surface area contributed by atoms with E-state index in [4.69, 9.17) is 0 Å². The fourth-order valence-corrected chi connectivity index (χ4v) is 3.04. The van der Waals surface area contributed by atoms with Crippen molar-refractivity contribution in [1.82, 2.24) is 19.7 Å². The maximum absolute atomic E-state index is 12.2. The Morgan fingerprint density at radius 2 is 1.96 bits per heavy atom. The second-order valence-corrected chi connectivity index (χ2v) is 6.18. The molecule has 130 valence electrons. The van der Waals surface area contributed by atoms with Crippen molar-refractivity contribution in [3.8, 4) is 5.75 Å². The van der Waals surface area contributed by atoms with Crippen LogP contribution >= 0.6 is 0 Å². The average molecular weight is 337 g/mol. The molecule has 0 aromatic carbocycles. The molecule has 1 aliphatic rings. The molecule has 24 heavy (non-hydrogen) atoms. The lowest BCUT2D eigenvalue weighted by Gasteiger charge is -2.32. The number of alkyl halides is 2. The van der Waals surface area contributed by atoms with E-state index < -0.39 is 6.61 Å². The molecule has 1 aliphatic heterocycles. The van der Waals surface area contributed by atoms with Crippen molar-refractivity contribution in [2.24, 2.45) is 0 Å². The summed E-state index contributed by atoms with van der Waals surface area (Å²) < 4.78 is 30.8. The Labute approximate surface area is 139 Å². The second kappa shape index (κ2) is 7.11. The van der Waals surface area contributed by atoms with Crippen LogP contribution in [0.2, 0.25) is 0 Å². The van der Waals surface area contributed by atoms with Crippen molar-refractivity contribution in [3.63, 3.8) is 0 Å². The minimum absolute atomic E-state index is 0.0775. The summed E-state index contributed by atoms with van der Waals surface area (Å²) in [6.07, 6.45) is 5.05. The lowest BCUT2D eigenvalue weighted by atomic mass is 9.95. The number of hydrogen-bond donors (Lipinski definition) is 0. The topological polar surface area (TPSA) is 56.1 Å². The van der Waals surface area contributed by atoms with Crippen LogP contribution in [-0.4, -0.2) is 39.4 Å². The minimum Gasteiger partial charge on any atom is -0.433 e. The molecule has 0 spiro atoms. The van der Waals surface area contributed by atoms with Crippen LogP contribution in [0.4, 0.5) is 14.6 Å². The van der Waals surface area contributed by atoms with E-state index in [1.165, 1.54) is 12.3 Å². The van der Waals surface area contributed by atoms with E-state index in [9.17, 15) is 8.78 Å². The minimum atomic E-state index is -2.83. The third-order valence-corrected chi connectivity index (χ3v) is 4.29. The molecule has 3 rings (SSSR count). The standard InChI is InChI=1S/C16H21F2N5O/c1-11(2)23-10-20-21-15(23)12-5-7-22(8-6-12)14-4-3-13(9-19-14)24-16(17)18/h3-4,9-12,16H,5-8H2,1-2H3. The molecule has 0 saturated carbocycles. The number of halogens is 2. The van der Waals surface area contributed by atoms with Crippen LogP contribution in [0.15, 0.2) is 24.7 Å². The van der Waals surface area contributed by atoms with Crippen LogP contribution in [0.25, 0.3) is 0 Å². The molecule has 0 atom stereocenters. The van der Waals surface area contributed by atoms with Crippen LogP contribution in [0.1, 0.15) is 44.5 Å². The molecule has 2 aromatic rings. The van der Waals surface area contributed by atoms with Gasteiger partial charge in [-0.1, -0.05) is 0 Å². The number of ether oxygens (including phenoxy) is 1. The van der Waals surface area contributed by atoms with Gasteiger partial charge in [0.05, 0.1) is 6.20 Å². The molecular weight excluding hydrogens is 316 g/mol. The van der Waals surface area contributed by atoms with E-state index >= 15 is 0 Å². The van der Waals surface area contributed by atoms with Gasteiger partial charge in [0, 0.05) is 25.0 Å². The predicted octanol–water partition coefficient (Wildman–Crippen LogP) is 3.24. The molecule has 0 radical (unpaired) electrons. The van der Waals surface area contributed by atoms with Crippen LogP contribution in [0.5, 0.6) is 5.75 Å². The maximum atomic E-state index is 12.2. The molecule has 0 N–H and O–H groups in total. The third kappa shape index (κ3) is 3.63. The zero-order chi connectivity index (χ0) is 17.1. The van der Waals surface area contributed by atoms with Gasteiger partial charge in [-0.3, -0.25) is 0 Å². The van der Waals surface area contributed by atoms with Crippen molar-refractivity contribution in [1.29, 1.82) is 0 Å². The highest BCUT2D eigenvalue weighted by atomic mass is 19.3. The summed E-state index contributed by atoms with van der Waals surface area (Å²) in [5, 5.41) is 8.33. The first kappa shape index (κ1) is 16.6. The highest BCUT2D eigenvalue weighted by Crippen LogP contribution is 2.30. The molecule has 1 saturated heterocycles. The van der Waals surface area contributed by atoms with Crippen LogP contribution < -0.4 is 9.64 Å². The number of rotatable bonds is 5. The fraction of sp³-hybridized carbons (Fsp3) is 0.562. The van der Waals surface area contributed by atoms with Gasteiger partial charge in [0.15, 0.2) is 0 Å². The Balaban J connectivity index is 1.61. The number of piperidine rings is 1. The van der Waals surface area contributed by atoms with Crippen LogP contribution in [0, 0.1) is 0 Å². The summed E-state index contributed by atoms with van der Waals surface area (Å²) in [5.74, 6) is 2.28. The molecule has 1 fully saturated rings. The van der Waals surface area contributed by atoms with E-state index in [2.05, 4.69) is 43.2 Å². The molecule has 0 unspecified atom stereocenters. The lowest BCUT2D eigenvalue weighted by Crippen LogP contribution is -2.34. The largest absolute Gasteiger partial charge is 0.433 e. The molecule has 0 amide bonds. The van der Waals surface area contributed by atoms with Gasteiger partial charge >= 0.3 is 6.61 Å². The molecule has 0 aliphatic carbocycles. The molecular formula is C16H21F2N5O. The highest BCUT2D eigenvalue weighted by molar-refractivity contribution is 5.41. The van der Waals surface area contributed by atoms with E-state index in [0.29, 0.717) is 12.0 Å². The summed E-state index contributed by atoms with van der Waals surface area (Å²) in [4.78, 5) is 6.37. The number of nitrogens with zero attached hydrogens (tertiary/aromatic N) is 5. The van der Waals surface area contributed by atoms with Gasteiger partial charge in [0.25, 0.3) is 0 Å². The highest BCUT2D eigenvalue weighted by Gasteiger charge is 2.25. The Hall–Kier alpha value is -2.25. The Morgan fingerprint density at radius 3 is 2.54 bits per heavy atom. The van der Waals surface area contributed by atoms with Crippen molar-refractivity contribution in [3.05, 3.63) is 30.5 Å². The average Bonchev–Trinajstić information content (AvgIpc) is 3.05. The SMILES string of the molecule is CC(C)n1cnnc1C1CCN(c2ccc(OC(F)F)cn2)CC1. The first-order valence-corrected chi connectivity index (χ1v) is 8.10. The maximum Gasteiger partial charge on any atom is 0.387 e. The van der Waals surface area contributed by atoms with Gasteiger partial charge in [0.1, 0.15) is 23.7 Å². The molecule has 3 heterocycles. The van der Waals surface area contributed by atoms with Gasteiger partial charge in [-0.15, -0.1) is 10.2 Å². The van der Waals surface area contributed by atoms with Crippen molar-refractivity contribution < 1.29 is 13.5 Å². The van der Waals surface area contributed by atoms with Gasteiger partial charge in [0.2, 0.25) is 0 Å². The van der Waals surface area contributed by atoms with E-state index in [1.54, 1.807) is 12.4 Å². The van der Waals surface area contributed by atoms with Crippen molar-refractivity contribution in [2.75, 3.05) is 18.0 Å². The summed E-state index contributed by atoms with van der Waals surface area (Å²) in [7, 11) is 0. The summed E-state index contributed by atoms with van der Waals surface area (Å²) in [6.45, 7) is 3.10. The predicted molar refractivity (Wildman–Crippen MR) is 85.5 cm³/mol. The molecule has 6 nitrogen and oxygen atoms in total. The monoisotopic (exact) mass is 337 g/mol. The Kier molecular flexibility index (Phi) is 4.92. The van der Waals surface area contributed by atoms with Crippen LogP contribution in [-0.2, 0) is 0 Å². The Bertz CT molecular complexity index is 651. The van der Waals surface area contributed by atoms with Gasteiger partial charge < -0.3 is 14.2 Å². The molecule has 0 bridgehead atoms.